The van der Waals surface area contributed by atoms with Gasteiger partial charge in [-0.25, -0.2) is 9.13 Å². The van der Waals surface area contributed by atoms with Gasteiger partial charge in [-0.05, 0) is 154 Å². The van der Waals surface area contributed by atoms with Crippen LogP contribution in [0.1, 0.15) is 355 Å². The van der Waals surface area contributed by atoms with Crippen molar-refractivity contribution in [3.05, 3.63) is 182 Å². The number of aliphatic hydroxyl groups is 2. The van der Waals surface area contributed by atoms with Gasteiger partial charge in [-0.2, -0.15) is 0 Å². The van der Waals surface area contributed by atoms with Crippen LogP contribution in [0.25, 0.3) is 0 Å². The number of aliphatic hydroxyl groups excluding tert-OH is 2. The number of allylic oxidation sites excluding steroid dienone is 30. The quantitative estimate of drug-likeness (QED) is 0.0146. The molecular weight excluding hydrogens is 1480 g/mol. The Morgan fingerprint density at radius 3 is 0.687 bits per heavy atom. The van der Waals surface area contributed by atoms with Crippen LogP contribution in [0, 0.1) is 0 Å². The van der Waals surface area contributed by atoms with Gasteiger partial charge in [0.2, 0.25) is 0 Å². The Labute approximate surface area is 700 Å². The molecule has 0 spiro atoms. The molecule has 0 saturated heterocycles. The number of unbranched alkanes of at least 4 members (excludes halogenated alkanes) is 31. The van der Waals surface area contributed by atoms with Gasteiger partial charge in [-0.3, -0.25) is 32.5 Å². The molecule has 18 heteroatoms. The van der Waals surface area contributed by atoms with Crippen LogP contribution < -0.4 is 0 Å². The lowest BCUT2D eigenvalue weighted by Gasteiger charge is -2.21. The Balaban J connectivity index is 4.55. The minimum atomic E-state index is -4.95. The summed E-state index contributed by atoms with van der Waals surface area (Å²) in [5, 5.41) is 20.7. The highest BCUT2D eigenvalue weighted by molar-refractivity contribution is 7.47. The molecule has 115 heavy (non-hydrogen) atoms. The Hall–Kier alpha value is -5.35. The molecule has 5 unspecified atom stereocenters. The first-order chi connectivity index (χ1) is 56.2. The summed E-state index contributed by atoms with van der Waals surface area (Å²) in [6, 6.07) is 0. The Kier molecular flexibility index (Phi) is 83.9. The molecule has 0 amide bonds. The van der Waals surface area contributed by atoms with E-state index in [1.165, 1.54) is 96.3 Å². The van der Waals surface area contributed by atoms with E-state index in [-0.39, 0.29) is 19.3 Å². The van der Waals surface area contributed by atoms with Crippen molar-refractivity contribution in [3.8, 4) is 0 Å². The molecule has 0 aromatic carbocycles. The lowest BCUT2D eigenvalue weighted by molar-refractivity contribution is -0.161. The average molecular weight is 1650 g/mol. The lowest BCUT2D eigenvalue weighted by atomic mass is 10.0. The number of phosphoric ester groups is 2. The van der Waals surface area contributed by atoms with Crippen LogP contribution in [0.2, 0.25) is 0 Å². The van der Waals surface area contributed by atoms with Crippen LogP contribution >= 0.6 is 15.6 Å². The van der Waals surface area contributed by atoms with Crippen molar-refractivity contribution in [1.82, 2.24) is 0 Å². The normalized spacial score (nSPS) is 14.7. The number of rotatable bonds is 84. The van der Waals surface area contributed by atoms with Gasteiger partial charge >= 0.3 is 33.6 Å². The van der Waals surface area contributed by atoms with E-state index in [9.17, 15) is 43.5 Å². The summed E-state index contributed by atoms with van der Waals surface area (Å²) in [5.41, 5.74) is 0. The summed E-state index contributed by atoms with van der Waals surface area (Å²) in [5.74, 6) is -1.59. The highest BCUT2D eigenvalue weighted by Crippen LogP contribution is 2.45. The zero-order chi connectivity index (χ0) is 83.6. The molecule has 656 valence electrons. The van der Waals surface area contributed by atoms with Crippen LogP contribution in [0.4, 0.5) is 0 Å². The molecule has 0 radical (unpaired) electrons. The van der Waals surface area contributed by atoms with Crippen molar-refractivity contribution < 1.29 is 75.8 Å². The number of esters is 3. The molecule has 0 rings (SSSR count). The fraction of sp³-hybridized carbons (Fsp3) is 0.660. The lowest BCUT2D eigenvalue weighted by Crippen LogP contribution is -2.30. The number of phosphoric acid groups is 2. The fourth-order valence-corrected chi connectivity index (χ4v) is 13.5. The van der Waals surface area contributed by atoms with Crippen molar-refractivity contribution >= 4 is 33.6 Å². The molecule has 0 aromatic heterocycles. The molecule has 0 aromatic rings. The highest BCUT2D eigenvalue weighted by atomic mass is 31.2. The molecule has 0 fully saturated rings. The topological polar surface area (TPSA) is 231 Å². The fourth-order valence-electron chi connectivity index (χ4n) is 11.9. The molecule has 16 nitrogen and oxygen atoms in total. The van der Waals surface area contributed by atoms with Crippen LogP contribution in [-0.4, -0.2) is 95.9 Å². The maximum Gasteiger partial charge on any atom is 0.472 e. The van der Waals surface area contributed by atoms with E-state index >= 15 is 0 Å². The van der Waals surface area contributed by atoms with Crippen molar-refractivity contribution in [2.24, 2.45) is 0 Å². The van der Waals surface area contributed by atoms with Crippen molar-refractivity contribution in [2.45, 2.75) is 373 Å². The SMILES string of the molecule is CC/C=C\C/C=C\C/C=C\C/C=C\C/C=C\C/C=C\CCCCCCCCCCCCCCC(=O)OCC(O)COP(=O)(O)OCC(O)COP(=O)(O)OCC(COC(=O)CCCCCCCCCCCCCC/C=C\C/C=C\C/C=C\C/C=C\C/C=C\C/C=C\CC)OC(=O)CCCCCCCCC/C=C\C/C=C\C/C=C\CC. The summed E-state index contributed by atoms with van der Waals surface area (Å²) >= 11 is 0. The highest BCUT2D eigenvalue weighted by Gasteiger charge is 2.29. The summed E-state index contributed by atoms with van der Waals surface area (Å²) in [7, 11) is -9.81. The van der Waals surface area contributed by atoms with E-state index in [4.69, 9.17) is 32.3 Å². The van der Waals surface area contributed by atoms with E-state index in [2.05, 4.69) is 203 Å². The molecule has 0 aliphatic heterocycles. The van der Waals surface area contributed by atoms with E-state index in [0.717, 1.165) is 199 Å². The van der Waals surface area contributed by atoms with Gasteiger partial charge < -0.3 is 34.2 Å². The third-order valence-corrected chi connectivity index (χ3v) is 20.5. The van der Waals surface area contributed by atoms with Crippen molar-refractivity contribution in [2.75, 3.05) is 39.6 Å². The molecule has 0 heterocycles. The van der Waals surface area contributed by atoms with Gasteiger partial charge in [0.25, 0.3) is 0 Å². The van der Waals surface area contributed by atoms with Gasteiger partial charge in [-0.15, -0.1) is 0 Å². The van der Waals surface area contributed by atoms with Gasteiger partial charge in [0.15, 0.2) is 6.10 Å². The smallest absolute Gasteiger partial charge is 0.463 e. The second-order valence-electron chi connectivity index (χ2n) is 29.6. The van der Waals surface area contributed by atoms with Crippen LogP contribution in [0.3, 0.4) is 0 Å². The minimum absolute atomic E-state index is 0.0887. The molecule has 0 bridgehead atoms. The first kappa shape index (κ1) is 110. The summed E-state index contributed by atoms with van der Waals surface area (Å²) in [4.78, 5) is 58.9. The maximum atomic E-state index is 13.0. The largest absolute Gasteiger partial charge is 0.472 e. The van der Waals surface area contributed by atoms with Gasteiger partial charge in [-0.1, -0.05) is 364 Å². The monoisotopic (exact) mass is 1650 g/mol. The predicted octanol–water partition coefficient (Wildman–Crippen LogP) is 27.7. The summed E-state index contributed by atoms with van der Waals surface area (Å²) in [6.45, 7) is 2.35. The first-order valence-corrected chi connectivity index (χ1v) is 48.1. The molecular formula is C97H162O16P2. The van der Waals surface area contributed by atoms with E-state index < -0.39 is 91.5 Å². The van der Waals surface area contributed by atoms with Crippen LogP contribution in [0.5, 0.6) is 0 Å². The second kappa shape index (κ2) is 87.9. The second-order valence-corrected chi connectivity index (χ2v) is 32.5. The standard InChI is InChI=1S/C97H162O16P2/c1-4-7-10-13-16-19-22-25-28-31-33-35-37-39-41-43-45-47-49-51-53-55-57-60-62-65-68-71-74-77-80-83-95(100)107-86-92(98)87-109-114(103,104)110-88-93(99)89-111-115(105,106)112-91-94(113-97(102)85-82-79-76-73-70-67-64-59-30-27-24-21-18-15-12-9-6-3)90-108-96(101)84-81-78-75-72-69-66-63-61-58-56-54-52-50-48-46-44-42-40-38-36-34-32-29-26-23-20-17-14-11-8-5-2/h7-12,16-21,25-30,33-36,39-42,45-48,92-94,98-99H,4-6,13-15,22-24,31-32,37-38,43-44,49-91H2,1-3H3,(H,103,104)(H,105,106)/b10-7-,11-8-,12-9-,19-16-,20-17-,21-18-,28-25-,29-26-,30-27-,35-33-,36-34-,41-39-,42-40-,47-45-,48-46-. The van der Waals surface area contributed by atoms with Crippen molar-refractivity contribution in [1.29, 1.82) is 0 Å². The number of carbonyl (C=O) groups is 3. The maximum absolute atomic E-state index is 13.0. The van der Waals surface area contributed by atoms with E-state index in [1.54, 1.807) is 0 Å². The van der Waals surface area contributed by atoms with Crippen LogP contribution in [-0.2, 0) is 55.8 Å². The first-order valence-electron chi connectivity index (χ1n) is 45.1. The van der Waals surface area contributed by atoms with Gasteiger partial charge in [0.05, 0.1) is 26.4 Å². The molecule has 4 N–H and O–H groups in total. The number of hydrogen-bond donors (Lipinski definition) is 4. The molecule has 0 saturated carbocycles. The Morgan fingerprint density at radius 2 is 0.435 bits per heavy atom. The zero-order valence-corrected chi connectivity index (χ0v) is 73.9. The summed E-state index contributed by atoms with van der Waals surface area (Å²) in [6.07, 6.45) is 115. The molecule has 0 aliphatic rings. The zero-order valence-electron chi connectivity index (χ0n) is 72.1. The van der Waals surface area contributed by atoms with Gasteiger partial charge in [0.1, 0.15) is 25.4 Å². The Morgan fingerprint density at radius 1 is 0.243 bits per heavy atom. The van der Waals surface area contributed by atoms with Crippen LogP contribution in [0.15, 0.2) is 182 Å². The third-order valence-electron chi connectivity index (χ3n) is 18.6. The Bertz CT molecular complexity index is 2820. The minimum Gasteiger partial charge on any atom is -0.463 e. The van der Waals surface area contributed by atoms with Crippen molar-refractivity contribution in [3.63, 3.8) is 0 Å². The van der Waals surface area contributed by atoms with E-state index in [1.807, 2.05) is 0 Å². The third kappa shape index (κ3) is 89.3. The van der Waals surface area contributed by atoms with Gasteiger partial charge in [0, 0.05) is 19.3 Å². The number of ether oxygens (including phenoxy) is 3. The number of hydrogen-bond acceptors (Lipinski definition) is 14. The molecule has 0 aliphatic carbocycles. The number of carbonyl (C=O) groups excluding carboxylic acids is 3. The molecule has 5 atom stereocenters. The summed E-state index contributed by atoms with van der Waals surface area (Å²) < 4.78 is 61.4. The van der Waals surface area contributed by atoms with E-state index in [0.29, 0.717) is 19.3 Å². The average Bonchev–Trinajstić information content (AvgIpc) is 0.903. The predicted molar refractivity (Wildman–Crippen MR) is 481 cm³/mol.